The molecule has 4 heteroatoms. The summed E-state index contributed by atoms with van der Waals surface area (Å²) in [5, 5.41) is 10.9. The molecule has 0 aliphatic rings. The van der Waals surface area contributed by atoms with E-state index in [4.69, 9.17) is 4.74 Å². The predicted octanol–water partition coefficient (Wildman–Crippen LogP) is 4.08. The van der Waals surface area contributed by atoms with Crippen LogP contribution in [0.4, 0.5) is 0 Å². The molecule has 0 aliphatic heterocycles. The number of aliphatic hydroxyl groups excluding tert-OH is 1. The smallest absolute Gasteiger partial charge is 0.224 e. The molecule has 0 aliphatic carbocycles. The molecular weight excluding hydrogens is 300 g/mol. The lowest BCUT2D eigenvalue weighted by molar-refractivity contribution is 0.166. The van der Waals surface area contributed by atoms with Crippen LogP contribution in [0.5, 0.6) is 5.88 Å². The van der Waals surface area contributed by atoms with Crippen LogP contribution >= 0.6 is 0 Å². The Morgan fingerprint density at radius 3 is 2.62 bits per heavy atom. The molecule has 0 spiro atoms. The van der Waals surface area contributed by atoms with Crippen molar-refractivity contribution in [2.24, 2.45) is 0 Å². The van der Waals surface area contributed by atoms with E-state index in [9.17, 15) is 5.11 Å². The fourth-order valence-electron chi connectivity index (χ4n) is 2.71. The zero-order valence-corrected chi connectivity index (χ0v) is 13.9. The van der Waals surface area contributed by atoms with Crippen molar-refractivity contribution in [1.82, 2.24) is 9.97 Å². The molecule has 3 aromatic rings. The predicted molar refractivity (Wildman–Crippen MR) is 95.0 cm³/mol. The summed E-state index contributed by atoms with van der Waals surface area (Å²) in [5.74, 6) is 0.621. The molecule has 4 nitrogen and oxygen atoms in total. The minimum atomic E-state index is -0.368. The Balaban J connectivity index is 1.60. The molecule has 2 aromatic carbocycles. The van der Waals surface area contributed by atoms with E-state index in [0.29, 0.717) is 12.5 Å². The van der Waals surface area contributed by atoms with E-state index < -0.39 is 0 Å². The normalized spacial score (nSPS) is 12.2. The van der Waals surface area contributed by atoms with Gasteiger partial charge in [-0.15, -0.1) is 0 Å². The summed E-state index contributed by atoms with van der Waals surface area (Å²) in [6, 6.07) is 15.9. The van der Waals surface area contributed by atoms with E-state index in [-0.39, 0.29) is 6.10 Å². The van der Waals surface area contributed by atoms with Crippen LogP contribution in [0.2, 0.25) is 0 Å². The zero-order valence-electron chi connectivity index (χ0n) is 13.9. The van der Waals surface area contributed by atoms with Gasteiger partial charge in [-0.1, -0.05) is 49.7 Å². The minimum absolute atomic E-state index is 0.368. The highest BCUT2D eigenvalue weighted by Gasteiger charge is 2.07. The lowest BCUT2D eigenvalue weighted by Crippen LogP contribution is -2.04. The maximum atomic E-state index is 10.00. The van der Waals surface area contributed by atoms with Gasteiger partial charge in [0.25, 0.3) is 0 Å². The highest BCUT2D eigenvalue weighted by Crippen LogP contribution is 2.21. The molecule has 3 rings (SSSR count). The van der Waals surface area contributed by atoms with Gasteiger partial charge in [-0.3, -0.25) is 0 Å². The maximum absolute atomic E-state index is 10.00. The van der Waals surface area contributed by atoms with Crippen LogP contribution in [0.25, 0.3) is 10.9 Å². The van der Waals surface area contributed by atoms with Gasteiger partial charge < -0.3 is 9.84 Å². The molecule has 1 atom stereocenters. The Morgan fingerprint density at radius 1 is 1.04 bits per heavy atom. The number of nitrogens with zero attached hydrogens (tertiary/aromatic N) is 2. The number of para-hydroxylation sites is 1. The minimum Gasteiger partial charge on any atom is -0.477 e. The Kier molecular flexibility index (Phi) is 5.39. The Hall–Kier alpha value is -2.46. The molecule has 0 saturated heterocycles. The van der Waals surface area contributed by atoms with Crippen molar-refractivity contribution >= 4 is 10.9 Å². The molecule has 1 unspecified atom stereocenters. The number of aliphatic hydroxyl groups is 1. The number of hydrogen-bond donors (Lipinski definition) is 1. The van der Waals surface area contributed by atoms with E-state index >= 15 is 0 Å². The molecule has 0 fully saturated rings. The van der Waals surface area contributed by atoms with Crippen molar-refractivity contribution in [2.45, 2.75) is 32.3 Å². The van der Waals surface area contributed by atoms with Crippen LogP contribution in [0.15, 0.2) is 54.9 Å². The van der Waals surface area contributed by atoms with E-state index in [1.807, 2.05) is 36.4 Å². The summed E-state index contributed by atoms with van der Waals surface area (Å²) in [4.78, 5) is 8.46. The van der Waals surface area contributed by atoms with Gasteiger partial charge in [0.2, 0.25) is 5.88 Å². The zero-order chi connectivity index (χ0) is 16.8. The number of aromatic nitrogens is 2. The average molecular weight is 322 g/mol. The fourth-order valence-corrected chi connectivity index (χ4v) is 2.71. The SMILES string of the molecule is CCCC(O)c1ccc(CCOc2ncnc3ccccc23)cc1. The number of fused-ring (bicyclic) bond motifs is 1. The van der Waals surface area contributed by atoms with Crippen molar-refractivity contribution in [3.8, 4) is 5.88 Å². The molecule has 1 heterocycles. The van der Waals surface area contributed by atoms with Crippen LogP contribution in [0.3, 0.4) is 0 Å². The lowest BCUT2D eigenvalue weighted by Gasteiger charge is -2.11. The van der Waals surface area contributed by atoms with Crippen LogP contribution in [0.1, 0.15) is 37.0 Å². The summed E-state index contributed by atoms with van der Waals surface area (Å²) in [5.41, 5.74) is 3.04. The molecular formula is C20H22N2O2. The number of hydrogen-bond acceptors (Lipinski definition) is 4. The third kappa shape index (κ3) is 3.89. The maximum Gasteiger partial charge on any atom is 0.224 e. The van der Waals surface area contributed by atoms with E-state index in [1.54, 1.807) is 0 Å². The van der Waals surface area contributed by atoms with Crippen molar-refractivity contribution in [2.75, 3.05) is 6.61 Å². The first-order chi connectivity index (χ1) is 11.8. The van der Waals surface area contributed by atoms with Crippen LogP contribution < -0.4 is 4.74 Å². The first kappa shape index (κ1) is 16.4. The number of benzene rings is 2. The van der Waals surface area contributed by atoms with Crippen LogP contribution in [-0.2, 0) is 6.42 Å². The quantitative estimate of drug-likeness (QED) is 0.712. The first-order valence-corrected chi connectivity index (χ1v) is 8.37. The highest BCUT2D eigenvalue weighted by atomic mass is 16.5. The van der Waals surface area contributed by atoms with Crippen molar-refractivity contribution in [3.63, 3.8) is 0 Å². The standard InChI is InChI=1S/C20H22N2O2/c1-2-5-19(23)16-10-8-15(9-11-16)12-13-24-20-17-6-3-4-7-18(17)21-14-22-20/h3-4,6-11,14,19,23H,2,5,12-13H2,1H3. The topological polar surface area (TPSA) is 55.2 Å². The second-order valence-corrected chi connectivity index (χ2v) is 5.84. The van der Waals surface area contributed by atoms with Crippen molar-refractivity contribution in [1.29, 1.82) is 0 Å². The fraction of sp³-hybridized carbons (Fsp3) is 0.300. The summed E-state index contributed by atoms with van der Waals surface area (Å²) in [6.45, 7) is 2.63. The second kappa shape index (κ2) is 7.88. The van der Waals surface area contributed by atoms with Crippen LogP contribution in [0, 0.1) is 0 Å². The van der Waals surface area contributed by atoms with Gasteiger partial charge in [0.1, 0.15) is 6.33 Å². The van der Waals surface area contributed by atoms with Gasteiger partial charge in [0, 0.05) is 6.42 Å². The average Bonchev–Trinajstić information content (AvgIpc) is 2.63. The molecule has 0 bridgehead atoms. The molecule has 0 saturated carbocycles. The first-order valence-electron chi connectivity index (χ1n) is 8.37. The molecule has 1 aromatic heterocycles. The van der Waals surface area contributed by atoms with Crippen molar-refractivity contribution < 1.29 is 9.84 Å². The van der Waals surface area contributed by atoms with Crippen molar-refractivity contribution in [3.05, 3.63) is 66.0 Å². The summed E-state index contributed by atoms with van der Waals surface area (Å²) < 4.78 is 5.84. The van der Waals surface area contributed by atoms with Gasteiger partial charge in [-0.05, 0) is 29.7 Å². The summed E-state index contributed by atoms with van der Waals surface area (Å²) in [6.07, 6.45) is 3.73. The summed E-state index contributed by atoms with van der Waals surface area (Å²) >= 11 is 0. The third-order valence-corrected chi connectivity index (χ3v) is 4.06. The Morgan fingerprint density at radius 2 is 1.83 bits per heavy atom. The number of ether oxygens (including phenoxy) is 1. The third-order valence-electron chi connectivity index (χ3n) is 4.06. The van der Waals surface area contributed by atoms with Gasteiger partial charge in [-0.25, -0.2) is 9.97 Å². The Labute approximate surface area is 142 Å². The monoisotopic (exact) mass is 322 g/mol. The lowest BCUT2D eigenvalue weighted by atomic mass is 10.0. The number of rotatable bonds is 7. The molecule has 0 radical (unpaired) electrons. The van der Waals surface area contributed by atoms with Gasteiger partial charge in [-0.2, -0.15) is 0 Å². The summed E-state index contributed by atoms with van der Waals surface area (Å²) in [7, 11) is 0. The molecule has 24 heavy (non-hydrogen) atoms. The second-order valence-electron chi connectivity index (χ2n) is 5.84. The molecule has 1 N–H and O–H groups in total. The van der Waals surface area contributed by atoms with Gasteiger partial charge in [0.15, 0.2) is 0 Å². The van der Waals surface area contributed by atoms with E-state index in [2.05, 4.69) is 29.0 Å². The van der Waals surface area contributed by atoms with E-state index in [1.165, 1.54) is 11.9 Å². The highest BCUT2D eigenvalue weighted by molar-refractivity contribution is 5.82. The Bertz CT molecular complexity index is 782. The largest absolute Gasteiger partial charge is 0.477 e. The van der Waals surface area contributed by atoms with Crippen LogP contribution in [-0.4, -0.2) is 21.7 Å². The van der Waals surface area contributed by atoms with E-state index in [0.717, 1.165) is 35.7 Å². The van der Waals surface area contributed by atoms with Gasteiger partial charge >= 0.3 is 0 Å². The molecule has 0 amide bonds. The van der Waals surface area contributed by atoms with Gasteiger partial charge in [0.05, 0.1) is 23.6 Å². The molecule has 124 valence electrons.